The van der Waals surface area contributed by atoms with E-state index in [1.807, 2.05) is 0 Å². The van der Waals surface area contributed by atoms with Gasteiger partial charge in [0, 0.05) is 5.69 Å². The van der Waals surface area contributed by atoms with Crippen LogP contribution < -0.4 is 5.32 Å². The Hall–Kier alpha value is -2.02. The molecule has 1 aromatic rings. The average molecular weight is 221 g/mol. The summed E-state index contributed by atoms with van der Waals surface area (Å²) >= 11 is 0. The fourth-order valence-corrected chi connectivity index (χ4v) is 0.938. The molecule has 0 bridgehead atoms. The Morgan fingerprint density at radius 1 is 1.44 bits per heavy atom. The van der Waals surface area contributed by atoms with E-state index in [4.69, 9.17) is 11.2 Å². The summed E-state index contributed by atoms with van der Waals surface area (Å²) in [5.74, 6) is 1.95. The van der Waals surface area contributed by atoms with Crippen LogP contribution in [0.1, 0.15) is 13.8 Å². The maximum absolute atomic E-state index is 12.6. The van der Waals surface area contributed by atoms with Gasteiger partial charge in [-0.05, 0) is 38.1 Å². The highest BCUT2D eigenvalue weighted by Gasteiger charge is 2.19. The van der Waals surface area contributed by atoms with Crippen molar-refractivity contribution >= 4 is 11.8 Å². The van der Waals surface area contributed by atoms with Gasteiger partial charge in [0.2, 0.25) is 0 Å². The van der Waals surface area contributed by atoms with Crippen LogP contribution in [0.25, 0.3) is 0 Å². The van der Waals surface area contributed by atoms with Crippen LogP contribution in [-0.4, -0.2) is 11.7 Å². The molecule has 0 fully saturated rings. The number of nitrogens with one attached hydrogen (secondary N) is 1. The second-order valence-electron chi connectivity index (χ2n) is 3.68. The smallest absolute Gasteiger partial charge is 0.413 e. The predicted octanol–water partition coefficient (Wildman–Crippen LogP) is 2.79. The Labute approximate surface area is 93.6 Å². The molecule has 1 aromatic carbocycles. The predicted molar refractivity (Wildman–Crippen MR) is 59.4 cm³/mol. The highest BCUT2D eigenvalue weighted by atomic mass is 19.1. The van der Waals surface area contributed by atoms with Crippen molar-refractivity contribution < 1.29 is 13.9 Å². The zero-order valence-electron chi connectivity index (χ0n) is 9.08. The first-order valence-electron chi connectivity index (χ1n) is 4.66. The summed E-state index contributed by atoms with van der Waals surface area (Å²) < 4.78 is 17.5. The van der Waals surface area contributed by atoms with E-state index in [-0.39, 0.29) is 5.82 Å². The lowest BCUT2D eigenvalue weighted by Crippen LogP contribution is -2.28. The number of terminal acetylenes is 1. The molecule has 0 heterocycles. The van der Waals surface area contributed by atoms with Gasteiger partial charge in [0.1, 0.15) is 5.82 Å². The number of amides is 1. The van der Waals surface area contributed by atoms with Gasteiger partial charge in [-0.15, -0.1) is 6.42 Å². The molecule has 0 aliphatic rings. The Morgan fingerprint density at radius 3 is 2.50 bits per heavy atom. The molecule has 84 valence electrons. The molecule has 0 radical (unpaired) electrons. The summed E-state index contributed by atoms with van der Waals surface area (Å²) in [4.78, 5) is 11.3. The van der Waals surface area contributed by atoms with E-state index in [0.29, 0.717) is 5.69 Å². The van der Waals surface area contributed by atoms with Crippen LogP contribution in [0.2, 0.25) is 0 Å². The molecule has 1 rings (SSSR count). The molecule has 0 spiro atoms. The number of hydrogen-bond acceptors (Lipinski definition) is 2. The van der Waals surface area contributed by atoms with Crippen molar-refractivity contribution in [2.75, 3.05) is 5.32 Å². The van der Waals surface area contributed by atoms with Crippen LogP contribution in [0.5, 0.6) is 0 Å². The summed E-state index contributed by atoms with van der Waals surface area (Å²) in [5.41, 5.74) is -0.524. The molecule has 0 aliphatic heterocycles. The van der Waals surface area contributed by atoms with Crippen LogP contribution in [0, 0.1) is 18.2 Å². The second kappa shape index (κ2) is 4.67. The molecule has 0 atom stereocenters. The standard InChI is InChI=1S/C12H12FNO2/c1-4-12(2,3)16-11(15)14-10-7-5-9(13)6-8-10/h1,5-8H,2-3H3,(H,14,15). The summed E-state index contributed by atoms with van der Waals surface area (Å²) in [6.45, 7) is 3.19. The van der Waals surface area contributed by atoms with Crippen LogP contribution in [0.3, 0.4) is 0 Å². The summed E-state index contributed by atoms with van der Waals surface area (Å²) in [6, 6.07) is 5.34. The first kappa shape index (κ1) is 12.1. The normalized spacial score (nSPS) is 10.4. The highest BCUT2D eigenvalue weighted by Crippen LogP contribution is 2.12. The largest absolute Gasteiger partial charge is 0.430 e. The number of benzene rings is 1. The summed E-state index contributed by atoms with van der Waals surface area (Å²) in [7, 11) is 0. The molecule has 3 nitrogen and oxygen atoms in total. The highest BCUT2D eigenvalue weighted by molar-refractivity contribution is 5.84. The molecule has 0 aliphatic carbocycles. The van der Waals surface area contributed by atoms with Gasteiger partial charge in [-0.2, -0.15) is 0 Å². The second-order valence-corrected chi connectivity index (χ2v) is 3.68. The molecule has 16 heavy (non-hydrogen) atoms. The Balaban J connectivity index is 2.59. The number of halogens is 1. The van der Waals surface area contributed by atoms with E-state index in [1.54, 1.807) is 13.8 Å². The van der Waals surface area contributed by atoms with Crippen molar-refractivity contribution in [3.63, 3.8) is 0 Å². The van der Waals surface area contributed by atoms with Gasteiger partial charge in [0.05, 0.1) is 0 Å². The number of carbonyl (C=O) groups excluding carboxylic acids is 1. The van der Waals surface area contributed by atoms with Crippen molar-refractivity contribution in [3.8, 4) is 12.3 Å². The fourth-order valence-electron chi connectivity index (χ4n) is 0.938. The minimum absolute atomic E-state index is 0.372. The van der Waals surface area contributed by atoms with E-state index in [0.717, 1.165) is 0 Å². The van der Waals surface area contributed by atoms with E-state index in [2.05, 4.69) is 11.2 Å². The van der Waals surface area contributed by atoms with Gasteiger partial charge in [-0.1, -0.05) is 5.92 Å². The van der Waals surface area contributed by atoms with Crippen LogP contribution in [0.4, 0.5) is 14.9 Å². The maximum atomic E-state index is 12.6. The lowest BCUT2D eigenvalue weighted by Gasteiger charge is -2.18. The van der Waals surface area contributed by atoms with Gasteiger partial charge in [0.15, 0.2) is 5.60 Å². The van der Waals surface area contributed by atoms with Crippen molar-refractivity contribution in [3.05, 3.63) is 30.1 Å². The van der Waals surface area contributed by atoms with Crippen molar-refractivity contribution in [1.82, 2.24) is 0 Å². The third-order valence-corrected chi connectivity index (χ3v) is 1.79. The average Bonchev–Trinajstić information content (AvgIpc) is 2.21. The van der Waals surface area contributed by atoms with Gasteiger partial charge >= 0.3 is 6.09 Å². The van der Waals surface area contributed by atoms with E-state index >= 15 is 0 Å². The third kappa shape index (κ3) is 3.62. The lowest BCUT2D eigenvalue weighted by atomic mass is 10.1. The molecule has 0 unspecified atom stereocenters. The fraction of sp³-hybridized carbons (Fsp3) is 0.250. The first-order chi connectivity index (χ1) is 7.43. The Bertz CT molecular complexity index is 418. The zero-order chi connectivity index (χ0) is 12.2. The number of anilines is 1. The van der Waals surface area contributed by atoms with Gasteiger partial charge < -0.3 is 4.74 Å². The molecule has 0 saturated heterocycles. The van der Waals surface area contributed by atoms with Gasteiger partial charge in [0.25, 0.3) is 0 Å². The Morgan fingerprint density at radius 2 is 2.00 bits per heavy atom. The monoisotopic (exact) mass is 221 g/mol. The summed E-state index contributed by atoms with van der Waals surface area (Å²) in [5, 5.41) is 2.44. The van der Waals surface area contributed by atoms with Crippen molar-refractivity contribution in [2.45, 2.75) is 19.4 Å². The minimum Gasteiger partial charge on any atom is -0.430 e. The third-order valence-electron chi connectivity index (χ3n) is 1.79. The molecule has 0 aromatic heterocycles. The van der Waals surface area contributed by atoms with Crippen molar-refractivity contribution in [2.24, 2.45) is 0 Å². The molecular weight excluding hydrogens is 209 g/mol. The minimum atomic E-state index is -0.968. The van der Waals surface area contributed by atoms with E-state index < -0.39 is 11.7 Å². The van der Waals surface area contributed by atoms with E-state index in [9.17, 15) is 9.18 Å². The molecule has 4 heteroatoms. The molecule has 1 N–H and O–H groups in total. The quantitative estimate of drug-likeness (QED) is 0.780. The van der Waals surface area contributed by atoms with Gasteiger partial charge in [-0.25, -0.2) is 9.18 Å². The zero-order valence-corrected chi connectivity index (χ0v) is 9.08. The Kier molecular flexibility index (Phi) is 3.51. The molecule has 1 amide bonds. The van der Waals surface area contributed by atoms with Crippen LogP contribution in [-0.2, 0) is 4.74 Å². The summed E-state index contributed by atoms with van der Waals surface area (Å²) in [6.07, 6.45) is 4.49. The van der Waals surface area contributed by atoms with Crippen molar-refractivity contribution in [1.29, 1.82) is 0 Å². The van der Waals surface area contributed by atoms with Crippen LogP contribution in [0.15, 0.2) is 24.3 Å². The maximum Gasteiger partial charge on any atom is 0.413 e. The number of ether oxygens (including phenoxy) is 1. The van der Waals surface area contributed by atoms with Gasteiger partial charge in [-0.3, -0.25) is 5.32 Å². The lowest BCUT2D eigenvalue weighted by molar-refractivity contribution is 0.0906. The number of carbonyl (C=O) groups is 1. The topological polar surface area (TPSA) is 38.3 Å². The number of rotatable bonds is 2. The molecule has 0 saturated carbocycles. The SMILES string of the molecule is C#CC(C)(C)OC(=O)Nc1ccc(F)cc1. The van der Waals surface area contributed by atoms with Crippen LogP contribution >= 0.6 is 0 Å². The number of hydrogen-bond donors (Lipinski definition) is 1. The molecular formula is C12H12FNO2. The first-order valence-corrected chi connectivity index (χ1v) is 4.66. The van der Waals surface area contributed by atoms with E-state index in [1.165, 1.54) is 24.3 Å².